The summed E-state index contributed by atoms with van der Waals surface area (Å²) in [6, 6.07) is 6.75. The molecule has 0 radical (unpaired) electrons. The third kappa shape index (κ3) is 8.49. The van der Waals surface area contributed by atoms with E-state index < -0.39 is 66.4 Å². The van der Waals surface area contributed by atoms with E-state index in [1.807, 2.05) is 0 Å². The van der Waals surface area contributed by atoms with Gasteiger partial charge in [0.05, 0.1) is 47.2 Å². The van der Waals surface area contributed by atoms with Gasteiger partial charge in [0.1, 0.15) is 0 Å². The van der Waals surface area contributed by atoms with Crippen LogP contribution in [-0.4, -0.2) is 56.0 Å². The molecule has 2 aromatic rings. The van der Waals surface area contributed by atoms with Crippen LogP contribution in [0.4, 0.5) is 37.7 Å². The molecule has 0 amide bonds. The smallest absolute Gasteiger partial charge is 0.419 e. The molecule has 2 rings (SSSR count). The molecule has 0 atom stereocenters. The van der Waals surface area contributed by atoms with Crippen molar-refractivity contribution in [1.82, 2.24) is 0 Å². The zero-order valence-electron chi connectivity index (χ0n) is 20.5. The quantitative estimate of drug-likeness (QED) is 0.315. The lowest BCUT2D eigenvalue weighted by molar-refractivity contribution is -0.138. The van der Waals surface area contributed by atoms with E-state index >= 15 is 0 Å². The number of sulfonamides is 2. The summed E-state index contributed by atoms with van der Waals surface area (Å²) < 4.78 is 129. The van der Waals surface area contributed by atoms with Gasteiger partial charge < -0.3 is 4.74 Å². The molecule has 0 saturated carbocycles. The molecule has 0 bridgehead atoms. The molecule has 0 heterocycles. The number of esters is 1. The summed E-state index contributed by atoms with van der Waals surface area (Å²) in [5.41, 5.74) is -4.11. The Bertz CT molecular complexity index is 1380. The number of nitrogens with zero attached hydrogens (tertiary/aromatic N) is 2. The van der Waals surface area contributed by atoms with Gasteiger partial charge in [-0.05, 0) is 31.2 Å². The number of benzene rings is 2. The average molecular weight is 657 g/mol. The Morgan fingerprint density at radius 2 is 1.21 bits per heavy atom. The molecular weight excluding hydrogens is 634 g/mol. The van der Waals surface area contributed by atoms with Crippen molar-refractivity contribution in [3.05, 3.63) is 57.6 Å². The second kappa shape index (κ2) is 12.1. The van der Waals surface area contributed by atoms with E-state index in [1.165, 1.54) is 25.1 Å². The van der Waals surface area contributed by atoms with Crippen LogP contribution in [0.1, 0.15) is 28.4 Å². The van der Waals surface area contributed by atoms with Crippen molar-refractivity contribution in [2.24, 2.45) is 0 Å². The molecule has 0 aliphatic carbocycles. The molecule has 0 aliphatic rings. The van der Waals surface area contributed by atoms with E-state index in [9.17, 15) is 48.0 Å². The predicted molar refractivity (Wildman–Crippen MR) is 133 cm³/mol. The first-order chi connectivity index (χ1) is 17.0. The van der Waals surface area contributed by atoms with E-state index in [0.29, 0.717) is 8.61 Å². The van der Waals surface area contributed by atoms with Crippen LogP contribution in [0.5, 0.6) is 0 Å². The highest BCUT2D eigenvalue weighted by atomic mass is 79.9. The summed E-state index contributed by atoms with van der Waals surface area (Å²) in [4.78, 5) is 11.6. The van der Waals surface area contributed by atoms with Crippen LogP contribution < -0.4 is 8.61 Å². The standard InChI is InChI=1S/C12H14F3NO4S.C9H9BrF3NO2S/c1-4-20-11(17)8-6-5-7-9(10(8)12(13,14)15)16(2)21(3,18)19;1-14(17(2,15)16)7-5-3-4-6(10)8(7)9(11,12)13/h5-7H,4H2,1-3H3;3-5H,1-2H3. The predicted octanol–water partition coefficient (Wildman–Crippen LogP) is 5.14. The second-order valence-electron chi connectivity index (χ2n) is 7.51. The molecular formula is C21H23BrF6N2O6S2. The monoisotopic (exact) mass is 656 g/mol. The van der Waals surface area contributed by atoms with Crippen molar-refractivity contribution in [1.29, 1.82) is 0 Å². The maximum Gasteiger partial charge on any atom is 0.419 e. The summed E-state index contributed by atoms with van der Waals surface area (Å²) in [5, 5.41) is 0. The van der Waals surface area contributed by atoms with Crippen molar-refractivity contribution < 1.29 is 52.7 Å². The summed E-state index contributed by atoms with van der Waals surface area (Å²) >= 11 is 2.78. The summed E-state index contributed by atoms with van der Waals surface area (Å²) in [7, 11) is -5.60. The molecule has 0 aliphatic heterocycles. The zero-order valence-corrected chi connectivity index (χ0v) is 23.7. The van der Waals surface area contributed by atoms with Gasteiger partial charge in [-0.2, -0.15) is 26.3 Å². The van der Waals surface area contributed by atoms with Gasteiger partial charge in [-0.25, -0.2) is 21.6 Å². The number of ether oxygens (including phenoxy) is 1. The number of alkyl halides is 6. The number of carbonyl (C=O) groups is 1. The minimum Gasteiger partial charge on any atom is -0.462 e. The fourth-order valence-electron chi connectivity index (χ4n) is 2.89. The number of hydrogen-bond acceptors (Lipinski definition) is 6. The van der Waals surface area contributed by atoms with Crippen LogP contribution in [0.15, 0.2) is 40.9 Å². The summed E-state index contributed by atoms with van der Waals surface area (Å²) in [6.07, 6.45) is -7.93. The first kappa shape index (κ1) is 33.5. The van der Waals surface area contributed by atoms with Gasteiger partial charge in [0.25, 0.3) is 0 Å². The highest BCUT2D eigenvalue weighted by molar-refractivity contribution is 9.10. The maximum absolute atomic E-state index is 13.2. The summed E-state index contributed by atoms with van der Waals surface area (Å²) in [6.45, 7) is 1.36. The van der Waals surface area contributed by atoms with Crippen LogP contribution in [0, 0.1) is 0 Å². The first-order valence-electron chi connectivity index (χ1n) is 10.2. The molecule has 0 saturated heterocycles. The van der Waals surface area contributed by atoms with E-state index in [4.69, 9.17) is 0 Å². The molecule has 214 valence electrons. The topological polar surface area (TPSA) is 101 Å². The average Bonchev–Trinajstić information content (AvgIpc) is 2.75. The minimum atomic E-state index is -4.91. The normalized spacial score (nSPS) is 12.3. The number of anilines is 2. The molecule has 38 heavy (non-hydrogen) atoms. The van der Waals surface area contributed by atoms with Crippen molar-refractivity contribution >= 4 is 53.3 Å². The Labute approximate surface area is 224 Å². The Morgan fingerprint density at radius 3 is 1.58 bits per heavy atom. The molecule has 0 spiro atoms. The number of rotatable bonds is 6. The second-order valence-corrected chi connectivity index (χ2v) is 12.4. The molecule has 0 N–H and O–H groups in total. The van der Waals surface area contributed by atoms with Crippen molar-refractivity contribution in [3.63, 3.8) is 0 Å². The van der Waals surface area contributed by atoms with E-state index in [1.54, 1.807) is 0 Å². The van der Waals surface area contributed by atoms with Gasteiger partial charge in [0.15, 0.2) is 0 Å². The number of hydrogen-bond donors (Lipinski definition) is 0. The van der Waals surface area contributed by atoms with Crippen LogP contribution in [0.2, 0.25) is 0 Å². The van der Waals surface area contributed by atoms with Crippen molar-refractivity contribution in [2.75, 3.05) is 41.8 Å². The molecule has 0 fully saturated rings. The highest BCUT2D eigenvalue weighted by Gasteiger charge is 2.40. The molecule has 0 aromatic heterocycles. The van der Waals surface area contributed by atoms with E-state index in [0.717, 1.165) is 44.8 Å². The molecule has 17 heteroatoms. The lowest BCUT2D eigenvalue weighted by Gasteiger charge is -2.23. The van der Waals surface area contributed by atoms with E-state index in [-0.39, 0.29) is 11.1 Å². The van der Waals surface area contributed by atoms with Gasteiger partial charge in [-0.15, -0.1) is 0 Å². The molecule has 8 nitrogen and oxygen atoms in total. The van der Waals surface area contributed by atoms with Crippen LogP contribution >= 0.6 is 15.9 Å². The van der Waals surface area contributed by atoms with Gasteiger partial charge in [0.2, 0.25) is 20.0 Å². The van der Waals surface area contributed by atoms with Crippen molar-refractivity contribution in [2.45, 2.75) is 19.3 Å². The lowest BCUT2D eigenvalue weighted by Crippen LogP contribution is -2.28. The van der Waals surface area contributed by atoms with Gasteiger partial charge in [-0.1, -0.05) is 28.1 Å². The first-order valence-corrected chi connectivity index (χ1v) is 14.6. The Kier molecular flexibility index (Phi) is 10.7. The largest absolute Gasteiger partial charge is 0.462 e. The van der Waals surface area contributed by atoms with Gasteiger partial charge in [0, 0.05) is 18.6 Å². The number of halogens is 7. The molecule has 0 unspecified atom stereocenters. The molecule has 2 aromatic carbocycles. The van der Waals surface area contributed by atoms with Crippen LogP contribution in [-0.2, 0) is 37.1 Å². The van der Waals surface area contributed by atoms with E-state index in [2.05, 4.69) is 20.7 Å². The SMILES string of the molecule is CCOC(=O)c1cccc(N(C)S(C)(=O)=O)c1C(F)(F)F.CN(c1cccc(Br)c1C(F)(F)F)S(C)(=O)=O. The third-order valence-corrected chi connectivity index (χ3v) is 7.81. The minimum absolute atomic E-state index is 0.0950. The number of carbonyl (C=O) groups excluding carboxylic acids is 1. The van der Waals surface area contributed by atoms with Gasteiger partial charge >= 0.3 is 18.3 Å². The van der Waals surface area contributed by atoms with Gasteiger partial charge in [-0.3, -0.25) is 8.61 Å². The Hall–Kier alpha value is -2.53. The Balaban J connectivity index is 0.000000389. The summed E-state index contributed by atoms with van der Waals surface area (Å²) in [5.74, 6) is -1.16. The van der Waals surface area contributed by atoms with Crippen LogP contribution in [0.25, 0.3) is 0 Å². The highest BCUT2D eigenvalue weighted by Crippen LogP contribution is 2.42. The fraction of sp³-hybridized carbons (Fsp3) is 0.381. The fourth-order valence-corrected chi connectivity index (χ4v) is 4.49. The zero-order chi connectivity index (χ0) is 29.9. The Morgan fingerprint density at radius 1 is 0.816 bits per heavy atom. The van der Waals surface area contributed by atoms with Crippen molar-refractivity contribution in [3.8, 4) is 0 Å². The lowest BCUT2D eigenvalue weighted by atomic mass is 10.0. The third-order valence-electron chi connectivity index (χ3n) is 4.77. The van der Waals surface area contributed by atoms with Crippen LogP contribution in [0.3, 0.4) is 0 Å². The maximum atomic E-state index is 13.2.